The van der Waals surface area contributed by atoms with E-state index in [9.17, 15) is 63.9 Å². The molecule has 4 aromatic carbocycles. The number of rotatable bonds is 29. The number of nitriles is 1. The maximum absolute atomic E-state index is 14.7. The molecule has 0 saturated carbocycles. The van der Waals surface area contributed by atoms with Crippen LogP contribution in [-0.2, 0) is 57.6 Å². The third kappa shape index (κ3) is 17.9. The molecule has 398 valence electrons. The van der Waals surface area contributed by atoms with Crippen LogP contribution in [0.1, 0.15) is 80.1 Å². The molecule has 1 heterocycles. The number of para-hydroxylation sites is 2. The molecule has 0 unspecified atom stereocenters. The van der Waals surface area contributed by atoms with Crippen molar-refractivity contribution in [2.45, 2.75) is 82.1 Å². The fourth-order valence-corrected chi connectivity index (χ4v) is 10.4. The lowest BCUT2D eigenvalue weighted by Gasteiger charge is -2.24. The maximum Gasteiger partial charge on any atom is 0.269 e. The van der Waals surface area contributed by atoms with Gasteiger partial charge in [-0.2, -0.15) is 26.7 Å². The van der Waals surface area contributed by atoms with Crippen LogP contribution < -0.4 is 25.3 Å². The molecule has 23 heteroatoms. The van der Waals surface area contributed by atoms with E-state index in [0.717, 1.165) is 6.42 Å². The average Bonchev–Trinajstić information content (AvgIpc) is 3.36. The molecule has 4 amide bonds. The fourth-order valence-electron chi connectivity index (χ4n) is 7.97. The molecule has 75 heavy (non-hydrogen) atoms. The number of hydrogen-bond donors (Lipinski definition) is 6. The lowest BCUT2D eigenvalue weighted by Crippen LogP contribution is -2.41. The highest BCUT2D eigenvalue weighted by Gasteiger charge is 2.34. The number of carbonyl (C=O) groups excluding carboxylic acids is 4. The molecule has 0 bridgehead atoms. The van der Waals surface area contributed by atoms with E-state index >= 15 is 0 Å². The molecule has 0 aliphatic carbocycles. The zero-order valence-corrected chi connectivity index (χ0v) is 43.4. The number of allylic oxidation sites excluding steroid dienone is 1. The van der Waals surface area contributed by atoms with E-state index in [4.69, 9.17) is 11.2 Å². The fraction of sp³-hybridized carbons (Fsp3) is 0.346. The van der Waals surface area contributed by atoms with Crippen molar-refractivity contribution in [1.82, 2.24) is 14.9 Å². The average molecular weight is 1090 g/mol. The van der Waals surface area contributed by atoms with Crippen molar-refractivity contribution >= 4 is 81.4 Å². The minimum atomic E-state index is -4.66. The zero-order chi connectivity index (χ0) is 54.6. The summed E-state index contributed by atoms with van der Waals surface area (Å²) in [5, 5.41) is 28.0. The van der Waals surface area contributed by atoms with Crippen LogP contribution in [0.15, 0.2) is 113 Å². The highest BCUT2D eigenvalue weighted by Crippen LogP contribution is 2.29. The lowest BCUT2D eigenvalue weighted by atomic mass is 10.0. The van der Waals surface area contributed by atoms with Crippen molar-refractivity contribution in [3.8, 4) is 24.2 Å². The van der Waals surface area contributed by atoms with Crippen LogP contribution in [-0.4, -0.2) is 105 Å². The minimum Gasteiger partial charge on any atom is -0.511 e. The first-order valence-corrected chi connectivity index (χ1v) is 28.6. The molecule has 0 fully saturated rings. The van der Waals surface area contributed by atoms with E-state index in [1.165, 1.54) is 12.1 Å². The second-order valence-corrected chi connectivity index (χ2v) is 22.2. The molecule has 1 aromatic heterocycles. The Morgan fingerprint density at radius 2 is 1.27 bits per heavy atom. The molecule has 0 aliphatic rings. The lowest BCUT2D eigenvalue weighted by molar-refractivity contribution is -0.645. The second-order valence-electron chi connectivity index (χ2n) is 17.2. The standard InChI is InChI=1S/C52H58N6O14S3/c1-2-3-19-47(59)44(37-53)51(62)56-39-24-26-40(27-25-39)72-34-10-4-5-20-48(60)54-30-31-55-49(61)21-11-14-38-22-28-41(29-23-38)75(70,71)58(33-13-36-74(67,68)69)52(63)50-42-15-6-8-17-45(42)57(32-12-35-73(64,65)66)46-18-9-7-16-43(46)50/h1,6-9,15-18,22-29H,3-5,10-14,19-21,30-36H2,(H5-,54,55,56,59,60,61,62,64,65,66,67,68,69)/p+1. The van der Waals surface area contributed by atoms with Gasteiger partial charge in [-0.3, -0.25) is 28.3 Å². The molecule has 0 atom stereocenters. The Hall–Kier alpha value is -7.41. The summed E-state index contributed by atoms with van der Waals surface area (Å²) in [5.74, 6) is -0.961. The summed E-state index contributed by atoms with van der Waals surface area (Å²) in [7, 11) is -13.5. The van der Waals surface area contributed by atoms with Crippen molar-refractivity contribution < 1.29 is 67.9 Å². The van der Waals surface area contributed by atoms with E-state index in [1.54, 1.807) is 95.6 Å². The topological polar surface area (TPSA) is 308 Å². The Bertz CT molecular complexity index is 3260. The van der Waals surface area contributed by atoms with Gasteiger partial charge in [0.05, 0.1) is 39.3 Å². The van der Waals surface area contributed by atoms with E-state index < -0.39 is 72.1 Å². The molecule has 5 rings (SSSR count). The number of aryl methyl sites for hydroxylation is 2. The van der Waals surface area contributed by atoms with Crippen molar-refractivity contribution in [2.24, 2.45) is 0 Å². The number of amides is 4. The van der Waals surface area contributed by atoms with Gasteiger partial charge in [-0.1, -0.05) is 36.4 Å². The van der Waals surface area contributed by atoms with Gasteiger partial charge < -0.3 is 25.8 Å². The Morgan fingerprint density at radius 1 is 0.693 bits per heavy atom. The summed E-state index contributed by atoms with van der Waals surface area (Å²) in [6.45, 7) is 0.348. The first-order valence-electron chi connectivity index (χ1n) is 23.9. The summed E-state index contributed by atoms with van der Waals surface area (Å²) >= 11 is 0. The smallest absolute Gasteiger partial charge is 0.269 e. The second kappa shape index (κ2) is 27.8. The number of aliphatic hydroxyl groups is 1. The monoisotopic (exact) mass is 1090 g/mol. The third-order valence-electron chi connectivity index (χ3n) is 11.6. The third-order valence-corrected chi connectivity index (χ3v) is 15.0. The molecular weight excluding hydrogens is 1030 g/mol. The number of aromatic nitrogens is 1. The number of ether oxygens (including phenoxy) is 1. The number of pyridine rings is 1. The van der Waals surface area contributed by atoms with Gasteiger partial charge in [0.25, 0.3) is 42.1 Å². The molecule has 0 spiro atoms. The molecule has 5 aromatic rings. The van der Waals surface area contributed by atoms with Gasteiger partial charge in [-0.25, -0.2) is 12.7 Å². The first-order chi connectivity index (χ1) is 35.7. The summed E-state index contributed by atoms with van der Waals surface area (Å²) in [6, 6.07) is 27.2. The van der Waals surface area contributed by atoms with Crippen LogP contribution in [0.4, 0.5) is 5.69 Å². The molecular formula is C52H59N6O14S3+. The van der Waals surface area contributed by atoms with Gasteiger partial charge in [0.1, 0.15) is 17.6 Å². The normalized spacial score (nSPS) is 12.0. The van der Waals surface area contributed by atoms with Crippen LogP contribution in [0.3, 0.4) is 0 Å². The number of sulfonamides is 1. The Balaban J connectivity index is 1.07. The molecule has 0 saturated heterocycles. The van der Waals surface area contributed by atoms with Crippen LogP contribution >= 0.6 is 0 Å². The maximum atomic E-state index is 14.7. The van der Waals surface area contributed by atoms with E-state index in [0.29, 0.717) is 75.4 Å². The summed E-state index contributed by atoms with van der Waals surface area (Å²) < 4.78 is 102. The first kappa shape index (κ1) is 58.5. The van der Waals surface area contributed by atoms with Gasteiger partial charge in [0.15, 0.2) is 12.1 Å². The quantitative estimate of drug-likeness (QED) is 0.00500. The van der Waals surface area contributed by atoms with E-state index in [-0.39, 0.29) is 79.8 Å². The number of benzene rings is 4. The number of anilines is 1. The van der Waals surface area contributed by atoms with Crippen LogP contribution in [0.5, 0.6) is 5.75 Å². The molecule has 0 radical (unpaired) electrons. The number of unbranched alkanes of at least 4 members (excludes halogenated alkanes) is 2. The van der Waals surface area contributed by atoms with Crippen molar-refractivity contribution in [1.29, 1.82) is 5.26 Å². The van der Waals surface area contributed by atoms with Gasteiger partial charge in [-0.15, -0.1) is 12.3 Å². The minimum absolute atomic E-state index is 0.00746. The summed E-state index contributed by atoms with van der Waals surface area (Å²) in [6.07, 6.45) is 8.23. The Kier molecular flexibility index (Phi) is 21.6. The number of fused-ring (bicyclic) bond motifs is 2. The van der Waals surface area contributed by atoms with Crippen LogP contribution in [0.2, 0.25) is 0 Å². The zero-order valence-electron chi connectivity index (χ0n) is 40.9. The van der Waals surface area contributed by atoms with Gasteiger partial charge >= 0.3 is 0 Å². The highest BCUT2D eigenvalue weighted by molar-refractivity contribution is 7.89. The predicted octanol–water partition coefficient (Wildman–Crippen LogP) is 5.55. The van der Waals surface area contributed by atoms with Crippen molar-refractivity contribution in [3.63, 3.8) is 0 Å². The summed E-state index contributed by atoms with van der Waals surface area (Å²) in [4.78, 5) is 51.8. The molecule has 6 N–H and O–H groups in total. The van der Waals surface area contributed by atoms with E-state index in [2.05, 4.69) is 21.9 Å². The highest BCUT2D eigenvalue weighted by atomic mass is 32.2. The largest absolute Gasteiger partial charge is 0.511 e. The van der Waals surface area contributed by atoms with Gasteiger partial charge in [0, 0.05) is 69.6 Å². The number of hydrogen-bond acceptors (Lipinski definition) is 13. The van der Waals surface area contributed by atoms with E-state index in [1.807, 2.05) is 0 Å². The number of terminal acetylenes is 1. The molecule has 0 aliphatic heterocycles. The molecule has 20 nitrogen and oxygen atoms in total. The SMILES string of the molecule is C#CCC/C(O)=C(\C#N)C(=O)Nc1ccc(OCCCCCC(=O)NCCNC(=O)CCCc2ccc(S(=O)(=O)N(CCCS(=O)(=O)O)C(=O)c3c4ccccc4[n+](CCCS(=O)(=O)O)c4ccccc34)cc2)cc1. The predicted molar refractivity (Wildman–Crippen MR) is 280 cm³/mol. The number of carbonyl (C=O) groups is 4. The Morgan fingerprint density at radius 3 is 1.84 bits per heavy atom. The number of nitrogens with one attached hydrogen (secondary N) is 3. The van der Waals surface area contributed by atoms with Crippen molar-refractivity contribution in [2.75, 3.05) is 43.1 Å². The Labute approximate surface area is 436 Å². The summed E-state index contributed by atoms with van der Waals surface area (Å²) in [5.41, 5.74) is 1.61. The van der Waals surface area contributed by atoms with Crippen LogP contribution in [0, 0.1) is 23.7 Å². The van der Waals surface area contributed by atoms with Gasteiger partial charge in [0.2, 0.25) is 22.8 Å². The van der Waals surface area contributed by atoms with Gasteiger partial charge in [-0.05, 0) is 92.6 Å². The number of nitrogens with zero attached hydrogens (tertiary/aromatic N) is 3. The number of aliphatic hydroxyl groups excluding tert-OH is 1. The van der Waals surface area contributed by atoms with Crippen molar-refractivity contribution in [3.05, 3.63) is 120 Å². The van der Waals surface area contributed by atoms with Crippen LogP contribution in [0.25, 0.3) is 21.8 Å².